The van der Waals surface area contributed by atoms with Crippen molar-refractivity contribution in [2.24, 2.45) is 5.73 Å². The molecule has 2 rings (SSSR count). The molecule has 102 valence electrons. The lowest BCUT2D eigenvalue weighted by Gasteiger charge is -2.35. The van der Waals surface area contributed by atoms with Crippen LogP contribution in [0.15, 0.2) is 24.5 Å². The van der Waals surface area contributed by atoms with Crippen LogP contribution in [0.25, 0.3) is 6.08 Å². The van der Waals surface area contributed by atoms with Gasteiger partial charge in [0, 0.05) is 30.9 Å². The standard InChI is InChI=1S/C14H18FN3O/c1-10-6-13(16)4-5-18(10)14(19)3-2-11-7-12(15)9-17-8-11/h2-3,7-10,13H,4-6,16H2,1H3. The Morgan fingerprint density at radius 2 is 2.37 bits per heavy atom. The molecule has 1 fully saturated rings. The number of nitrogens with zero attached hydrogens (tertiary/aromatic N) is 2. The van der Waals surface area contributed by atoms with Crippen LogP contribution in [0.3, 0.4) is 0 Å². The number of likely N-dealkylation sites (tertiary alicyclic amines) is 1. The predicted octanol–water partition coefficient (Wildman–Crippen LogP) is 1.57. The van der Waals surface area contributed by atoms with Crippen LogP contribution in [0.1, 0.15) is 25.3 Å². The van der Waals surface area contributed by atoms with E-state index in [4.69, 9.17) is 5.73 Å². The summed E-state index contributed by atoms with van der Waals surface area (Å²) in [5.41, 5.74) is 6.44. The van der Waals surface area contributed by atoms with Crippen molar-refractivity contribution in [3.63, 3.8) is 0 Å². The van der Waals surface area contributed by atoms with E-state index in [1.807, 2.05) is 6.92 Å². The Hall–Kier alpha value is -1.75. The molecule has 1 aromatic rings. The summed E-state index contributed by atoms with van der Waals surface area (Å²) in [6, 6.07) is 1.66. The molecule has 2 heterocycles. The summed E-state index contributed by atoms with van der Waals surface area (Å²) in [7, 11) is 0. The number of pyridine rings is 1. The molecule has 1 aliphatic heterocycles. The monoisotopic (exact) mass is 263 g/mol. The van der Waals surface area contributed by atoms with Crippen molar-refractivity contribution in [1.82, 2.24) is 9.88 Å². The van der Waals surface area contributed by atoms with E-state index in [9.17, 15) is 9.18 Å². The fraction of sp³-hybridized carbons (Fsp3) is 0.429. The van der Waals surface area contributed by atoms with Crippen LogP contribution in [0.4, 0.5) is 4.39 Å². The minimum atomic E-state index is -0.410. The lowest BCUT2D eigenvalue weighted by atomic mass is 9.99. The third kappa shape index (κ3) is 3.61. The summed E-state index contributed by atoms with van der Waals surface area (Å²) in [5, 5.41) is 0. The zero-order valence-corrected chi connectivity index (χ0v) is 10.9. The van der Waals surface area contributed by atoms with Crippen LogP contribution < -0.4 is 5.73 Å². The summed E-state index contributed by atoms with van der Waals surface area (Å²) in [5.74, 6) is -0.476. The number of nitrogens with two attached hydrogens (primary N) is 1. The van der Waals surface area contributed by atoms with Gasteiger partial charge in [-0.2, -0.15) is 0 Å². The van der Waals surface area contributed by atoms with Gasteiger partial charge in [0.15, 0.2) is 0 Å². The Balaban J connectivity index is 2.01. The van der Waals surface area contributed by atoms with E-state index in [1.54, 1.807) is 11.0 Å². The SMILES string of the molecule is CC1CC(N)CCN1C(=O)C=Cc1cncc(F)c1. The zero-order chi connectivity index (χ0) is 13.8. The van der Waals surface area contributed by atoms with E-state index >= 15 is 0 Å². The average molecular weight is 263 g/mol. The van der Waals surface area contributed by atoms with E-state index in [0.717, 1.165) is 19.0 Å². The lowest BCUT2D eigenvalue weighted by Crippen LogP contribution is -2.47. The molecule has 4 nitrogen and oxygen atoms in total. The zero-order valence-electron chi connectivity index (χ0n) is 10.9. The van der Waals surface area contributed by atoms with Gasteiger partial charge < -0.3 is 10.6 Å². The number of rotatable bonds is 2. The molecule has 0 spiro atoms. The van der Waals surface area contributed by atoms with E-state index in [1.165, 1.54) is 18.3 Å². The maximum Gasteiger partial charge on any atom is 0.246 e. The second-order valence-corrected chi connectivity index (χ2v) is 4.93. The highest BCUT2D eigenvalue weighted by atomic mass is 19.1. The molecule has 0 saturated carbocycles. The lowest BCUT2D eigenvalue weighted by molar-refractivity contribution is -0.129. The summed E-state index contributed by atoms with van der Waals surface area (Å²) < 4.78 is 12.9. The minimum absolute atomic E-state index is 0.0661. The second kappa shape index (κ2) is 5.93. The number of halogens is 1. The normalized spacial score (nSPS) is 23.8. The summed E-state index contributed by atoms with van der Waals surface area (Å²) in [4.78, 5) is 17.6. The summed E-state index contributed by atoms with van der Waals surface area (Å²) in [6.07, 6.45) is 7.34. The molecule has 5 heteroatoms. The van der Waals surface area contributed by atoms with Gasteiger partial charge in [0.1, 0.15) is 5.82 Å². The van der Waals surface area contributed by atoms with Crippen LogP contribution in [0, 0.1) is 5.82 Å². The van der Waals surface area contributed by atoms with Gasteiger partial charge in [-0.1, -0.05) is 0 Å². The minimum Gasteiger partial charge on any atom is -0.336 e. The Morgan fingerprint density at radius 1 is 1.58 bits per heavy atom. The van der Waals surface area contributed by atoms with Crippen LogP contribution in [0.2, 0.25) is 0 Å². The van der Waals surface area contributed by atoms with E-state index < -0.39 is 5.82 Å². The third-order valence-corrected chi connectivity index (χ3v) is 3.34. The topological polar surface area (TPSA) is 59.2 Å². The molecule has 1 saturated heterocycles. The fourth-order valence-corrected chi connectivity index (χ4v) is 2.32. The van der Waals surface area contributed by atoms with Crippen molar-refractivity contribution in [2.45, 2.75) is 31.8 Å². The number of amides is 1. The summed E-state index contributed by atoms with van der Waals surface area (Å²) in [6.45, 7) is 2.67. The first-order valence-corrected chi connectivity index (χ1v) is 6.41. The molecule has 0 aliphatic carbocycles. The van der Waals surface area contributed by atoms with Crippen molar-refractivity contribution in [2.75, 3.05) is 6.54 Å². The van der Waals surface area contributed by atoms with Crippen LogP contribution in [-0.2, 0) is 4.79 Å². The first-order chi connectivity index (χ1) is 9.06. The molecule has 1 aliphatic rings. The molecule has 2 unspecified atom stereocenters. The second-order valence-electron chi connectivity index (χ2n) is 4.93. The first-order valence-electron chi connectivity index (χ1n) is 6.41. The molecule has 1 amide bonds. The Bertz CT molecular complexity index is 489. The van der Waals surface area contributed by atoms with Crippen molar-refractivity contribution in [3.05, 3.63) is 35.9 Å². The fourth-order valence-electron chi connectivity index (χ4n) is 2.32. The van der Waals surface area contributed by atoms with Gasteiger partial charge in [0.05, 0.1) is 6.20 Å². The van der Waals surface area contributed by atoms with Gasteiger partial charge in [0.25, 0.3) is 0 Å². The largest absolute Gasteiger partial charge is 0.336 e. The molecule has 2 N–H and O–H groups in total. The summed E-state index contributed by atoms with van der Waals surface area (Å²) >= 11 is 0. The smallest absolute Gasteiger partial charge is 0.246 e. The van der Waals surface area contributed by atoms with Crippen LogP contribution in [0.5, 0.6) is 0 Å². The van der Waals surface area contributed by atoms with E-state index in [-0.39, 0.29) is 18.0 Å². The van der Waals surface area contributed by atoms with Gasteiger partial charge in [-0.05, 0) is 37.5 Å². The van der Waals surface area contributed by atoms with Gasteiger partial charge in [0.2, 0.25) is 5.91 Å². The quantitative estimate of drug-likeness (QED) is 0.824. The van der Waals surface area contributed by atoms with Gasteiger partial charge in [-0.15, -0.1) is 0 Å². The highest BCUT2D eigenvalue weighted by Crippen LogP contribution is 2.16. The molecular formula is C14H18FN3O. The molecule has 1 aromatic heterocycles. The maximum absolute atomic E-state index is 12.9. The van der Waals surface area contributed by atoms with Crippen molar-refractivity contribution in [3.8, 4) is 0 Å². The highest BCUT2D eigenvalue weighted by molar-refractivity contribution is 5.92. The molecule has 0 bridgehead atoms. The highest BCUT2D eigenvalue weighted by Gasteiger charge is 2.25. The van der Waals surface area contributed by atoms with Crippen molar-refractivity contribution in [1.29, 1.82) is 0 Å². The van der Waals surface area contributed by atoms with Gasteiger partial charge >= 0.3 is 0 Å². The third-order valence-electron chi connectivity index (χ3n) is 3.34. The average Bonchev–Trinajstić information content (AvgIpc) is 2.36. The number of carbonyl (C=O) groups is 1. The number of hydrogen-bond acceptors (Lipinski definition) is 3. The number of carbonyl (C=O) groups excluding carboxylic acids is 1. The number of hydrogen-bond donors (Lipinski definition) is 1. The van der Waals surface area contributed by atoms with Crippen molar-refractivity contribution >= 4 is 12.0 Å². The Labute approximate surface area is 112 Å². The molecule has 2 atom stereocenters. The van der Waals surface area contributed by atoms with Gasteiger partial charge in [-0.3, -0.25) is 9.78 Å². The number of aromatic nitrogens is 1. The van der Waals surface area contributed by atoms with Crippen LogP contribution >= 0.6 is 0 Å². The maximum atomic E-state index is 12.9. The molecular weight excluding hydrogens is 245 g/mol. The van der Waals surface area contributed by atoms with E-state index in [2.05, 4.69) is 4.98 Å². The molecule has 0 aromatic carbocycles. The Morgan fingerprint density at radius 3 is 3.05 bits per heavy atom. The van der Waals surface area contributed by atoms with Gasteiger partial charge in [-0.25, -0.2) is 4.39 Å². The van der Waals surface area contributed by atoms with Crippen LogP contribution in [-0.4, -0.2) is 34.4 Å². The van der Waals surface area contributed by atoms with E-state index in [0.29, 0.717) is 12.1 Å². The molecule has 19 heavy (non-hydrogen) atoms. The van der Waals surface area contributed by atoms with Crippen molar-refractivity contribution < 1.29 is 9.18 Å². The first kappa shape index (κ1) is 13.7. The molecule has 0 radical (unpaired) electrons. The Kier molecular flexibility index (Phi) is 4.27. The number of piperidine rings is 1. The predicted molar refractivity (Wildman–Crippen MR) is 71.6 cm³/mol.